The number of ether oxygens (including phenoxy) is 2. The number of hydrogen-bond donors (Lipinski definition) is 2. The van der Waals surface area contributed by atoms with Crippen LogP contribution in [0.2, 0.25) is 0 Å². The Morgan fingerprint density at radius 3 is 2.50 bits per heavy atom. The minimum Gasteiger partial charge on any atom is -0.497 e. The van der Waals surface area contributed by atoms with Gasteiger partial charge in [0.25, 0.3) is 0 Å². The van der Waals surface area contributed by atoms with Crippen molar-refractivity contribution in [3.05, 3.63) is 42.0 Å². The second-order valence-corrected chi connectivity index (χ2v) is 7.05. The van der Waals surface area contributed by atoms with Crippen molar-refractivity contribution in [2.24, 2.45) is 11.7 Å². The summed E-state index contributed by atoms with van der Waals surface area (Å²) in [5.74, 6) is 1.13. The zero-order chi connectivity index (χ0) is 18.4. The molecule has 0 saturated carbocycles. The van der Waals surface area contributed by atoms with Crippen molar-refractivity contribution < 1.29 is 14.3 Å². The quantitative estimate of drug-likeness (QED) is 0.647. The van der Waals surface area contributed by atoms with E-state index in [4.69, 9.17) is 15.2 Å². The molecule has 1 aliphatic heterocycles. The van der Waals surface area contributed by atoms with Gasteiger partial charge in [-0.1, -0.05) is 24.3 Å². The molecule has 3 rings (SSSR count). The molecule has 1 heterocycles. The molecule has 1 unspecified atom stereocenters. The van der Waals surface area contributed by atoms with E-state index in [2.05, 4.69) is 16.3 Å². The van der Waals surface area contributed by atoms with Gasteiger partial charge in [-0.05, 0) is 30.0 Å². The van der Waals surface area contributed by atoms with E-state index in [1.807, 2.05) is 30.3 Å². The zero-order valence-electron chi connectivity index (χ0n) is 16.2. The number of morpholine rings is 1. The Labute approximate surface area is 179 Å². The van der Waals surface area contributed by atoms with Gasteiger partial charge in [0.15, 0.2) is 0 Å². The van der Waals surface area contributed by atoms with Crippen LogP contribution >= 0.6 is 24.8 Å². The van der Waals surface area contributed by atoms with Crippen molar-refractivity contribution in [1.82, 2.24) is 10.2 Å². The molecule has 1 aliphatic carbocycles. The van der Waals surface area contributed by atoms with Crippen LogP contribution in [0.5, 0.6) is 5.75 Å². The van der Waals surface area contributed by atoms with Crippen LogP contribution in [0.1, 0.15) is 24.4 Å². The Morgan fingerprint density at radius 2 is 1.93 bits per heavy atom. The van der Waals surface area contributed by atoms with Gasteiger partial charge in [-0.15, -0.1) is 24.8 Å². The molecule has 8 heteroatoms. The molecule has 0 aromatic heterocycles. The van der Waals surface area contributed by atoms with Gasteiger partial charge < -0.3 is 20.5 Å². The molecule has 0 spiro atoms. The largest absolute Gasteiger partial charge is 0.497 e. The first-order valence-electron chi connectivity index (χ1n) is 9.31. The number of nitrogens with one attached hydrogen (secondary N) is 1. The molecule has 0 bridgehead atoms. The number of carbonyl (C=O) groups is 1. The van der Waals surface area contributed by atoms with Crippen LogP contribution in [0.4, 0.5) is 0 Å². The summed E-state index contributed by atoms with van der Waals surface area (Å²) < 4.78 is 10.7. The van der Waals surface area contributed by atoms with Gasteiger partial charge in [-0.3, -0.25) is 9.69 Å². The molecule has 0 radical (unpaired) electrons. The summed E-state index contributed by atoms with van der Waals surface area (Å²) in [5.41, 5.74) is 6.98. The van der Waals surface area contributed by atoms with Crippen LogP contribution in [-0.4, -0.2) is 56.8 Å². The lowest BCUT2D eigenvalue weighted by Crippen LogP contribution is -2.43. The van der Waals surface area contributed by atoms with Crippen LogP contribution in [0, 0.1) is 5.92 Å². The highest BCUT2D eigenvalue weighted by Crippen LogP contribution is 2.22. The summed E-state index contributed by atoms with van der Waals surface area (Å²) in [7, 11) is 1.65. The number of carbonyl (C=O) groups excluding carboxylic acids is 1. The highest BCUT2D eigenvalue weighted by Gasteiger charge is 2.23. The highest BCUT2D eigenvalue weighted by atomic mass is 35.5. The van der Waals surface area contributed by atoms with E-state index < -0.39 is 0 Å². The fraction of sp³-hybridized carbons (Fsp3) is 0.550. The number of nitrogens with zero attached hydrogens (tertiary/aromatic N) is 1. The van der Waals surface area contributed by atoms with Crippen LogP contribution in [0.3, 0.4) is 0 Å². The second-order valence-electron chi connectivity index (χ2n) is 7.05. The lowest BCUT2D eigenvalue weighted by atomic mass is 10.0. The average Bonchev–Trinajstić information content (AvgIpc) is 3.06. The van der Waals surface area contributed by atoms with Gasteiger partial charge in [0, 0.05) is 32.1 Å². The molecule has 1 saturated heterocycles. The van der Waals surface area contributed by atoms with Gasteiger partial charge in [-0.2, -0.15) is 0 Å². The lowest BCUT2D eigenvalue weighted by Gasteiger charge is -2.31. The van der Waals surface area contributed by atoms with Crippen molar-refractivity contribution in [3.8, 4) is 5.75 Å². The molecule has 1 amide bonds. The van der Waals surface area contributed by atoms with Gasteiger partial charge in [-0.25, -0.2) is 0 Å². The molecule has 158 valence electrons. The standard InChI is InChI=1S/C20H29N3O3.2ClH/c1-25-18-6-3-16(4-7-18)19(14-23-8-10-26-11-9-23)22-20(24)13-15-2-5-17(21)12-15;;/h2-7,15,17,19H,8-14,21H2,1H3,(H,22,24);2*1H/t15-,17+,19?;;/m1../s1. The summed E-state index contributed by atoms with van der Waals surface area (Å²) in [6, 6.07) is 7.95. The number of benzene rings is 1. The van der Waals surface area contributed by atoms with E-state index in [0.717, 1.165) is 50.6 Å². The number of rotatable bonds is 7. The van der Waals surface area contributed by atoms with E-state index in [9.17, 15) is 4.79 Å². The maximum Gasteiger partial charge on any atom is 0.221 e. The Morgan fingerprint density at radius 1 is 1.25 bits per heavy atom. The number of allylic oxidation sites excluding steroid dienone is 1. The van der Waals surface area contributed by atoms with Crippen molar-refractivity contribution in [1.29, 1.82) is 0 Å². The van der Waals surface area contributed by atoms with E-state index in [0.29, 0.717) is 6.42 Å². The second kappa shape index (κ2) is 12.3. The maximum absolute atomic E-state index is 12.6. The summed E-state index contributed by atoms with van der Waals surface area (Å²) >= 11 is 0. The lowest BCUT2D eigenvalue weighted by molar-refractivity contribution is -0.122. The van der Waals surface area contributed by atoms with Crippen LogP contribution in [0.15, 0.2) is 36.4 Å². The molecule has 1 aromatic carbocycles. The number of hydrogen-bond acceptors (Lipinski definition) is 5. The summed E-state index contributed by atoms with van der Waals surface area (Å²) in [6.07, 6.45) is 5.39. The fourth-order valence-electron chi connectivity index (χ4n) is 3.56. The molecular weight excluding hydrogens is 401 g/mol. The molecular formula is C20H31Cl2N3O3. The third-order valence-electron chi connectivity index (χ3n) is 5.05. The molecule has 6 nitrogen and oxygen atoms in total. The van der Waals surface area contributed by atoms with E-state index in [1.54, 1.807) is 7.11 Å². The Balaban J connectivity index is 0.00000196. The third kappa shape index (κ3) is 7.26. The molecule has 3 N–H and O–H groups in total. The fourth-order valence-corrected chi connectivity index (χ4v) is 3.56. The number of nitrogens with two attached hydrogens (primary N) is 1. The first-order chi connectivity index (χ1) is 12.6. The summed E-state index contributed by atoms with van der Waals surface area (Å²) in [4.78, 5) is 14.9. The van der Waals surface area contributed by atoms with Crippen molar-refractivity contribution >= 4 is 30.7 Å². The smallest absolute Gasteiger partial charge is 0.221 e. The predicted octanol–water partition coefficient (Wildman–Crippen LogP) is 2.32. The predicted molar refractivity (Wildman–Crippen MR) is 115 cm³/mol. The van der Waals surface area contributed by atoms with E-state index in [1.165, 1.54) is 0 Å². The van der Waals surface area contributed by atoms with Gasteiger partial charge in [0.2, 0.25) is 5.91 Å². The topological polar surface area (TPSA) is 76.8 Å². The SMILES string of the molecule is COc1ccc(C(CN2CCOCC2)NC(=O)C[C@@H]2C=C[C@H](N)C2)cc1.Cl.Cl. The average molecular weight is 432 g/mol. The third-order valence-corrected chi connectivity index (χ3v) is 5.05. The van der Waals surface area contributed by atoms with Crippen molar-refractivity contribution in [2.45, 2.75) is 24.9 Å². The molecule has 3 atom stereocenters. The number of amides is 1. The summed E-state index contributed by atoms with van der Waals surface area (Å²) in [5, 5.41) is 3.22. The Kier molecular flexibility index (Phi) is 10.9. The monoisotopic (exact) mass is 431 g/mol. The molecule has 28 heavy (non-hydrogen) atoms. The van der Waals surface area contributed by atoms with E-state index in [-0.39, 0.29) is 48.7 Å². The van der Waals surface area contributed by atoms with Gasteiger partial charge in [0.1, 0.15) is 5.75 Å². The Bertz CT molecular complexity index is 622. The van der Waals surface area contributed by atoms with Crippen molar-refractivity contribution in [3.63, 3.8) is 0 Å². The van der Waals surface area contributed by atoms with Gasteiger partial charge >= 0.3 is 0 Å². The van der Waals surface area contributed by atoms with Crippen LogP contribution < -0.4 is 15.8 Å². The molecule has 1 fully saturated rings. The number of halogens is 2. The molecule has 1 aromatic rings. The zero-order valence-corrected chi connectivity index (χ0v) is 17.8. The first kappa shape index (κ1) is 24.7. The minimum atomic E-state index is -0.0504. The minimum absolute atomic E-state index is 0. The van der Waals surface area contributed by atoms with E-state index >= 15 is 0 Å². The number of methoxy groups -OCH3 is 1. The molecule has 2 aliphatic rings. The van der Waals surface area contributed by atoms with Crippen molar-refractivity contribution in [2.75, 3.05) is 40.0 Å². The summed E-state index contributed by atoms with van der Waals surface area (Å²) in [6.45, 7) is 4.05. The maximum atomic E-state index is 12.6. The van der Waals surface area contributed by atoms with Crippen LogP contribution in [0.25, 0.3) is 0 Å². The van der Waals surface area contributed by atoms with Gasteiger partial charge in [0.05, 0.1) is 26.4 Å². The Hall–Kier alpha value is -1.31. The van der Waals surface area contributed by atoms with Crippen LogP contribution in [-0.2, 0) is 9.53 Å². The highest BCUT2D eigenvalue weighted by molar-refractivity contribution is 5.85. The normalized spacial score (nSPS) is 22.6. The first-order valence-corrected chi connectivity index (χ1v) is 9.31.